The molecule has 1 aromatic carbocycles. The molecular weight excluding hydrogens is 400 g/mol. The number of piperazine rings is 1. The number of rotatable bonds is 5. The maximum absolute atomic E-state index is 13.1. The molecule has 32 heavy (non-hydrogen) atoms. The van der Waals surface area contributed by atoms with Crippen LogP contribution in [0.2, 0.25) is 0 Å². The molecule has 4 heterocycles. The summed E-state index contributed by atoms with van der Waals surface area (Å²) in [5.41, 5.74) is 1.72. The van der Waals surface area contributed by atoms with E-state index in [0.717, 1.165) is 69.3 Å². The summed E-state index contributed by atoms with van der Waals surface area (Å²) in [6, 6.07) is 15.7. The van der Waals surface area contributed by atoms with Gasteiger partial charge in [-0.05, 0) is 61.2 Å². The van der Waals surface area contributed by atoms with Crippen LogP contribution in [0, 0.1) is 5.92 Å². The van der Waals surface area contributed by atoms with Gasteiger partial charge >= 0.3 is 0 Å². The third-order valence-electron chi connectivity index (χ3n) is 6.55. The molecule has 0 bridgehead atoms. The van der Waals surface area contributed by atoms with Crippen molar-refractivity contribution in [3.63, 3.8) is 0 Å². The molecule has 5 rings (SSSR count). The van der Waals surface area contributed by atoms with Gasteiger partial charge in [-0.1, -0.05) is 6.07 Å². The third-order valence-corrected chi connectivity index (χ3v) is 6.55. The van der Waals surface area contributed by atoms with Crippen molar-refractivity contribution >= 4 is 11.7 Å². The molecule has 0 spiro atoms. The maximum Gasteiger partial charge on any atom is 0.253 e. The van der Waals surface area contributed by atoms with Crippen molar-refractivity contribution in [3.05, 3.63) is 72.7 Å². The Hall–Kier alpha value is -3.19. The number of benzene rings is 1. The normalized spacial score (nSPS) is 19.8. The predicted octanol–water partition coefficient (Wildman–Crippen LogP) is 2.94. The Morgan fingerprint density at radius 1 is 0.938 bits per heavy atom. The number of carbonyl (C=O) groups excluding carboxylic acids is 1. The topological polar surface area (TPSA) is 57.5 Å². The average Bonchev–Trinajstić information content (AvgIpc) is 3.40. The van der Waals surface area contributed by atoms with Crippen molar-refractivity contribution in [1.82, 2.24) is 24.6 Å². The minimum atomic E-state index is 0.140. The van der Waals surface area contributed by atoms with E-state index in [1.54, 1.807) is 10.9 Å². The molecule has 2 fully saturated rings. The van der Waals surface area contributed by atoms with Crippen molar-refractivity contribution in [2.24, 2.45) is 5.92 Å². The summed E-state index contributed by atoms with van der Waals surface area (Å²) in [5, 5.41) is 4.25. The average molecular weight is 431 g/mol. The Morgan fingerprint density at radius 2 is 1.78 bits per heavy atom. The molecule has 3 aromatic rings. The van der Waals surface area contributed by atoms with E-state index in [4.69, 9.17) is 0 Å². The molecule has 0 aliphatic carbocycles. The van der Waals surface area contributed by atoms with Gasteiger partial charge in [-0.3, -0.25) is 9.69 Å². The van der Waals surface area contributed by atoms with E-state index in [-0.39, 0.29) is 5.91 Å². The second-order valence-electron chi connectivity index (χ2n) is 8.73. The lowest BCUT2D eigenvalue weighted by Crippen LogP contribution is -2.50. The van der Waals surface area contributed by atoms with Gasteiger partial charge in [0.05, 0.1) is 5.69 Å². The molecule has 7 heteroatoms. The van der Waals surface area contributed by atoms with Gasteiger partial charge in [0, 0.05) is 70.0 Å². The SMILES string of the molecule is O=C(c1ccc(-n2cccn2)cc1)N1CCCC(CN2CCN(c3ccccn3)CC2)C1. The molecule has 2 aliphatic heterocycles. The number of anilines is 1. The summed E-state index contributed by atoms with van der Waals surface area (Å²) < 4.78 is 1.80. The molecule has 0 saturated carbocycles. The van der Waals surface area contributed by atoms with Gasteiger partial charge in [0.15, 0.2) is 0 Å². The van der Waals surface area contributed by atoms with Gasteiger partial charge in [0.25, 0.3) is 5.91 Å². The van der Waals surface area contributed by atoms with E-state index in [0.29, 0.717) is 5.92 Å². The van der Waals surface area contributed by atoms with Gasteiger partial charge in [-0.2, -0.15) is 5.10 Å². The fourth-order valence-corrected chi connectivity index (χ4v) is 4.82. The standard InChI is InChI=1S/C25H30N6O/c32-25(22-7-9-23(10-8-22)31-14-4-12-27-31)30-13-3-5-21(20-30)19-28-15-17-29(18-16-28)24-6-1-2-11-26-24/h1-2,4,6-12,14,21H,3,5,13,15-20H2. The van der Waals surface area contributed by atoms with Crippen LogP contribution in [0.1, 0.15) is 23.2 Å². The number of aromatic nitrogens is 3. The highest BCUT2D eigenvalue weighted by atomic mass is 16.2. The minimum Gasteiger partial charge on any atom is -0.354 e. The number of hydrogen-bond donors (Lipinski definition) is 0. The first-order valence-corrected chi connectivity index (χ1v) is 11.5. The Balaban J connectivity index is 1.14. The number of likely N-dealkylation sites (tertiary alicyclic amines) is 1. The highest BCUT2D eigenvalue weighted by Crippen LogP contribution is 2.22. The summed E-state index contributed by atoms with van der Waals surface area (Å²) in [6.45, 7) is 6.89. The second-order valence-corrected chi connectivity index (χ2v) is 8.73. The van der Waals surface area contributed by atoms with E-state index in [1.165, 1.54) is 6.42 Å². The van der Waals surface area contributed by atoms with Crippen LogP contribution in [-0.2, 0) is 0 Å². The Bertz CT molecular complexity index is 997. The fraction of sp³-hybridized carbons (Fsp3) is 0.400. The van der Waals surface area contributed by atoms with Crippen molar-refractivity contribution in [1.29, 1.82) is 0 Å². The quantitative estimate of drug-likeness (QED) is 0.623. The largest absolute Gasteiger partial charge is 0.354 e. The Labute approximate surface area is 189 Å². The molecule has 7 nitrogen and oxygen atoms in total. The lowest BCUT2D eigenvalue weighted by atomic mass is 9.96. The van der Waals surface area contributed by atoms with Gasteiger partial charge in [-0.25, -0.2) is 9.67 Å². The van der Waals surface area contributed by atoms with E-state index in [2.05, 4.69) is 25.9 Å². The molecule has 1 unspecified atom stereocenters. The van der Waals surface area contributed by atoms with E-state index in [9.17, 15) is 4.79 Å². The van der Waals surface area contributed by atoms with Crippen LogP contribution in [0.4, 0.5) is 5.82 Å². The van der Waals surface area contributed by atoms with Crippen LogP contribution < -0.4 is 4.90 Å². The first kappa shape index (κ1) is 20.7. The van der Waals surface area contributed by atoms with Gasteiger partial charge in [0.1, 0.15) is 5.82 Å². The van der Waals surface area contributed by atoms with Crippen molar-refractivity contribution < 1.29 is 4.79 Å². The van der Waals surface area contributed by atoms with Crippen LogP contribution >= 0.6 is 0 Å². The second kappa shape index (κ2) is 9.53. The number of amides is 1. The monoisotopic (exact) mass is 430 g/mol. The third kappa shape index (κ3) is 4.67. The smallest absolute Gasteiger partial charge is 0.253 e. The van der Waals surface area contributed by atoms with E-state index < -0.39 is 0 Å². The van der Waals surface area contributed by atoms with Gasteiger partial charge in [-0.15, -0.1) is 0 Å². The summed E-state index contributed by atoms with van der Waals surface area (Å²) in [7, 11) is 0. The van der Waals surface area contributed by atoms with Gasteiger partial charge < -0.3 is 9.80 Å². The summed E-state index contributed by atoms with van der Waals surface area (Å²) in [5.74, 6) is 1.75. The number of piperidine rings is 1. The molecule has 0 N–H and O–H groups in total. The Kier molecular flexibility index (Phi) is 6.16. The zero-order valence-electron chi connectivity index (χ0n) is 18.4. The van der Waals surface area contributed by atoms with Crippen LogP contribution in [0.3, 0.4) is 0 Å². The highest BCUT2D eigenvalue weighted by Gasteiger charge is 2.27. The predicted molar refractivity (Wildman–Crippen MR) is 125 cm³/mol. The molecule has 0 radical (unpaired) electrons. The molecule has 2 saturated heterocycles. The lowest BCUT2D eigenvalue weighted by Gasteiger charge is -2.39. The zero-order chi connectivity index (χ0) is 21.8. The molecule has 2 aromatic heterocycles. The first-order valence-electron chi connectivity index (χ1n) is 11.5. The summed E-state index contributed by atoms with van der Waals surface area (Å²) >= 11 is 0. The summed E-state index contributed by atoms with van der Waals surface area (Å²) in [6.07, 6.45) is 7.80. The first-order chi connectivity index (χ1) is 15.8. The summed E-state index contributed by atoms with van der Waals surface area (Å²) in [4.78, 5) is 24.5. The fourth-order valence-electron chi connectivity index (χ4n) is 4.82. The van der Waals surface area contributed by atoms with Gasteiger partial charge in [0.2, 0.25) is 0 Å². The lowest BCUT2D eigenvalue weighted by molar-refractivity contribution is 0.0637. The zero-order valence-corrected chi connectivity index (χ0v) is 18.4. The minimum absolute atomic E-state index is 0.140. The van der Waals surface area contributed by atoms with E-state index in [1.807, 2.05) is 59.8 Å². The van der Waals surface area contributed by atoms with Crippen molar-refractivity contribution in [2.45, 2.75) is 12.8 Å². The number of nitrogens with zero attached hydrogens (tertiary/aromatic N) is 6. The molecule has 2 aliphatic rings. The molecule has 1 atom stereocenters. The number of hydrogen-bond acceptors (Lipinski definition) is 5. The number of pyridine rings is 1. The van der Waals surface area contributed by atoms with Crippen molar-refractivity contribution in [3.8, 4) is 5.69 Å². The Morgan fingerprint density at radius 3 is 2.50 bits per heavy atom. The molecule has 1 amide bonds. The van der Waals surface area contributed by atoms with Crippen molar-refractivity contribution in [2.75, 3.05) is 50.7 Å². The van der Waals surface area contributed by atoms with Crippen LogP contribution in [-0.4, -0.2) is 76.3 Å². The van der Waals surface area contributed by atoms with Crippen LogP contribution in [0.5, 0.6) is 0 Å². The number of carbonyl (C=O) groups is 1. The molecular formula is C25H30N6O. The molecule has 166 valence electrons. The highest BCUT2D eigenvalue weighted by molar-refractivity contribution is 5.94. The van der Waals surface area contributed by atoms with Crippen LogP contribution in [0.15, 0.2) is 67.1 Å². The maximum atomic E-state index is 13.1. The van der Waals surface area contributed by atoms with E-state index >= 15 is 0 Å². The van der Waals surface area contributed by atoms with Crippen LogP contribution in [0.25, 0.3) is 5.69 Å².